The van der Waals surface area contributed by atoms with E-state index < -0.39 is 46.9 Å². The first-order chi connectivity index (χ1) is 46.4. The van der Waals surface area contributed by atoms with Crippen LogP contribution in [0.15, 0.2) is 182 Å². The zero-order valence-electron chi connectivity index (χ0n) is 60.3. The van der Waals surface area contributed by atoms with E-state index >= 15 is 0 Å². The Morgan fingerprint density at radius 2 is 0.752 bits per heavy atom. The number of nitrogens with zero attached hydrogens (tertiary/aromatic N) is 8. The predicted molar refractivity (Wildman–Crippen MR) is 385 cm³/mol. The molecule has 0 aliphatic rings. The number of halogens is 1. The molecule has 0 saturated heterocycles. The molecule has 0 aliphatic carbocycles. The summed E-state index contributed by atoms with van der Waals surface area (Å²) in [6.45, 7) is 27.7. The number of hydrogen-bond donors (Lipinski definition) is 2. The molecule has 5 N–H and O–H groups in total. The zero-order chi connectivity index (χ0) is 71.7. The Hall–Kier alpha value is -9.83. The smallest absolute Gasteiger partial charge is 0.870 e. The van der Waals surface area contributed by atoms with Gasteiger partial charge in [-0.3, -0.25) is 9.80 Å². The number of nitrogens with one attached hydrogen (secondary N) is 1. The van der Waals surface area contributed by atoms with Gasteiger partial charge in [0.25, 0.3) is 0 Å². The van der Waals surface area contributed by atoms with E-state index in [1.807, 2.05) is 222 Å². The second-order valence-electron chi connectivity index (χ2n) is 25.6. The van der Waals surface area contributed by atoms with Gasteiger partial charge in [0.05, 0.1) is 47.4 Å². The van der Waals surface area contributed by atoms with Gasteiger partial charge in [-0.25, -0.2) is 42.8 Å². The van der Waals surface area contributed by atoms with Gasteiger partial charge in [0.15, 0.2) is 17.1 Å². The number of carbonyl (C=O) groups excluding carboxylic acids is 5. The third-order valence-electron chi connectivity index (χ3n) is 13.5. The van der Waals surface area contributed by atoms with Crippen LogP contribution in [-0.2, 0) is 61.7 Å². The van der Waals surface area contributed by atoms with Crippen molar-refractivity contribution >= 4 is 52.1 Å². The molecule has 0 aliphatic heterocycles. The summed E-state index contributed by atoms with van der Waals surface area (Å²) in [5.74, 6) is -1.90. The largest absolute Gasteiger partial charge is 1.00 e. The van der Waals surface area contributed by atoms with Crippen molar-refractivity contribution in [2.45, 2.75) is 152 Å². The van der Waals surface area contributed by atoms with Crippen molar-refractivity contribution in [3.8, 4) is 17.1 Å². The first kappa shape index (κ1) is 85.4. The molecule has 6 aromatic carbocycles. The van der Waals surface area contributed by atoms with E-state index in [1.54, 1.807) is 58.1 Å². The molecule has 25 heteroatoms. The number of alkyl halides is 1. The van der Waals surface area contributed by atoms with E-state index in [0.717, 1.165) is 33.1 Å². The van der Waals surface area contributed by atoms with Crippen LogP contribution < -0.4 is 24.2 Å². The minimum atomic E-state index is -1.05. The van der Waals surface area contributed by atoms with Crippen LogP contribution in [0.5, 0.6) is 0 Å². The molecule has 3 amide bonds. The summed E-state index contributed by atoms with van der Waals surface area (Å²) < 4.78 is 31.3. The Balaban J connectivity index is 0.000000369. The monoisotopic (exact) mass is 1440 g/mol. The number of hydrogen-bond acceptors (Lipinski definition) is 15. The van der Waals surface area contributed by atoms with Gasteiger partial charge < -0.3 is 45.1 Å². The van der Waals surface area contributed by atoms with Crippen LogP contribution in [0, 0.1) is 20.8 Å². The summed E-state index contributed by atoms with van der Waals surface area (Å²) in [4.78, 5) is 77.0. The summed E-state index contributed by atoms with van der Waals surface area (Å²) in [5, 5.41) is 26.3. The Bertz CT molecular complexity index is 4090. The molecule has 0 spiro atoms. The van der Waals surface area contributed by atoms with Gasteiger partial charge in [-0.05, 0) is 185 Å². The zero-order valence-corrected chi connectivity index (χ0v) is 61.9. The minimum Gasteiger partial charge on any atom is -0.870 e. The molecule has 0 unspecified atom stereocenters. The molecular weight excluding hydrogens is 1350 g/mol. The van der Waals surface area contributed by atoms with E-state index in [1.165, 1.54) is 16.3 Å². The topological polar surface area (TPSA) is 302 Å². The van der Waals surface area contributed by atoms with Crippen molar-refractivity contribution < 1.29 is 87.4 Å². The van der Waals surface area contributed by atoms with E-state index in [9.17, 15) is 33.9 Å². The number of carboxylic acid groups (broad SMARTS) is 1. The second-order valence-corrected chi connectivity index (χ2v) is 26.2. The molecule has 3 aromatic heterocycles. The molecular formula is C76H93BrLiN9O14. The number of aromatic carboxylic acids is 1. The molecule has 3 heterocycles. The fraction of sp³-hybridized carbons (Fsp3) is 0.329. The predicted octanol–water partition coefficient (Wildman–Crippen LogP) is 12.1. The Morgan fingerprint density at radius 1 is 0.446 bits per heavy atom. The van der Waals surface area contributed by atoms with Crippen molar-refractivity contribution in [3.05, 3.63) is 250 Å². The number of amides is 3. The van der Waals surface area contributed by atoms with E-state index in [0.29, 0.717) is 84.9 Å². The molecule has 0 atom stereocenters. The molecule has 0 radical (unpaired) electrons. The van der Waals surface area contributed by atoms with Crippen molar-refractivity contribution in [1.82, 2.24) is 44.5 Å². The number of aryl methyl sites for hydroxylation is 3. The van der Waals surface area contributed by atoms with Crippen LogP contribution in [0.4, 0.5) is 14.4 Å². The summed E-state index contributed by atoms with van der Waals surface area (Å²) in [5.41, 5.74) is 9.03. The molecule has 9 aromatic rings. The van der Waals surface area contributed by atoms with Gasteiger partial charge in [0, 0.05) is 38.1 Å². The molecule has 0 saturated carbocycles. The van der Waals surface area contributed by atoms with Crippen LogP contribution >= 0.6 is 15.9 Å². The number of carbonyl (C=O) groups is 6. The summed E-state index contributed by atoms with van der Waals surface area (Å²) in [6, 6.07) is 57.0. The number of aromatic nitrogens is 6. The van der Waals surface area contributed by atoms with Gasteiger partial charge >= 0.3 is 55.0 Å². The van der Waals surface area contributed by atoms with E-state index in [4.69, 9.17) is 23.7 Å². The van der Waals surface area contributed by atoms with Crippen LogP contribution in [-0.4, -0.2) is 121 Å². The number of alkyl carbamates (subject to hydrolysis) is 1. The number of rotatable bonds is 19. The van der Waals surface area contributed by atoms with Gasteiger partial charge in [-0.1, -0.05) is 143 Å². The Kier molecular flexibility index (Phi) is 34.2. The maximum atomic E-state index is 13.0. The second kappa shape index (κ2) is 40.4. The van der Waals surface area contributed by atoms with E-state index in [-0.39, 0.29) is 48.2 Å². The molecule has 9 rings (SSSR count). The maximum Gasteiger partial charge on any atom is 1.00 e. The van der Waals surface area contributed by atoms with Crippen molar-refractivity contribution in [2.75, 3.05) is 13.2 Å². The summed E-state index contributed by atoms with van der Waals surface area (Å²) >= 11 is 3.36. The van der Waals surface area contributed by atoms with Gasteiger partial charge in [-0.15, -0.1) is 0 Å². The fourth-order valence-electron chi connectivity index (χ4n) is 9.44. The van der Waals surface area contributed by atoms with Crippen LogP contribution in [0.3, 0.4) is 0 Å². The first-order valence-electron chi connectivity index (χ1n) is 32.1. The Labute approximate surface area is 612 Å². The van der Waals surface area contributed by atoms with Crippen molar-refractivity contribution in [2.24, 2.45) is 0 Å². The van der Waals surface area contributed by atoms with E-state index in [2.05, 4.69) is 48.7 Å². The summed E-state index contributed by atoms with van der Waals surface area (Å²) in [7, 11) is 0. The van der Waals surface area contributed by atoms with Crippen molar-refractivity contribution in [1.29, 1.82) is 0 Å². The van der Waals surface area contributed by atoms with Crippen LogP contribution in [0.2, 0.25) is 0 Å². The Morgan fingerprint density at radius 3 is 1.08 bits per heavy atom. The molecule has 0 bridgehead atoms. The van der Waals surface area contributed by atoms with Gasteiger partial charge in [0.1, 0.15) is 16.8 Å². The quantitative estimate of drug-likeness (QED) is 0.0329. The maximum absolute atomic E-state index is 13.0. The number of benzene rings is 6. The molecule has 101 heavy (non-hydrogen) atoms. The normalized spacial score (nSPS) is 10.7. The number of carboxylic acids is 1. The summed E-state index contributed by atoms with van der Waals surface area (Å²) in [6.07, 6.45) is -1.29. The van der Waals surface area contributed by atoms with Gasteiger partial charge in [0.2, 0.25) is 0 Å². The van der Waals surface area contributed by atoms with Crippen molar-refractivity contribution in [3.63, 3.8) is 0 Å². The minimum absolute atomic E-state index is 0. The van der Waals surface area contributed by atoms with Crippen LogP contribution in [0.1, 0.15) is 158 Å². The molecule has 534 valence electrons. The average molecular weight is 1440 g/mol. The third kappa shape index (κ3) is 28.7. The first-order valence-corrected chi connectivity index (χ1v) is 33.2. The number of esters is 2. The SMILES string of the molecule is BrCc1ccccc1.CCOC(=O)c1cc(C)nn1-c1cccc(CN(Cc2ccccc2)C(=O)OC(C)(C)C)c1.CCOC(=O)c1cc(C)nn1-c1cccc(CNC(=O)OC(C)(C)C)c1.Cc1cc(C(=O)O)n(-c2cccc(CN(Cc3ccccc3)C(=O)OC(C)(C)C)c2)n1.O.[Li+].[OH-]. The van der Waals surface area contributed by atoms with Gasteiger partial charge in [-0.2, -0.15) is 15.3 Å². The van der Waals surface area contributed by atoms with Crippen LogP contribution in [0.25, 0.3) is 17.1 Å². The third-order valence-corrected chi connectivity index (χ3v) is 14.1. The fourth-order valence-corrected chi connectivity index (χ4v) is 9.81. The average Bonchev–Trinajstić information content (AvgIpc) is 1.72. The molecule has 0 fully saturated rings. The standard InChI is InChI=1S/C26H31N3O4.C24H27N3O4.C19H25N3O4.C7H7Br.Li.2H2O/c1-6-32-24(30)23-15-19(2)27-29(23)22-14-10-13-21(16-22)18-28(25(31)33-26(3,4)5)17-20-11-8-7-9-12-20;1-17-13-21(22(28)29)27(25-17)20-12-8-11-19(14-20)16-26(23(30)31-24(2,3)4)15-18-9-6-5-7-10-18;1-6-25-17(23)16-10-13(2)21-22(16)15-9-7-8-14(11-15)12-20-18(24)26-19(3,4)5;8-6-7-4-2-1-3-5-7;;;/h7-16H,6,17-18H2,1-5H3;5-14H,15-16H2,1-4H3,(H,28,29);7-11H,6,12H2,1-5H3,(H,20,24);1-5H,6H2;;2*1H2/q;;;;+1;;/p-1. The molecule has 23 nitrogen and oxygen atoms in total. The number of ether oxygens (including phenoxy) is 5.